The predicted molar refractivity (Wildman–Crippen MR) is 495 cm³/mol. The molecule has 134 heavy (non-hydrogen) atoms. The van der Waals surface area contributed by atoms with Crippen molar-refractivity contribution in [3.05, 3.63) is 91.0 Å². The van der Waals surface area contributed by atoms with Gasteiger partial charge in [-0.3, -0.25) is 80.6 Å². The van der Waals surface area contributed by atoms with Crippen LogP contribution in [0, 0.1) is 23.7 Å². The lowest BCUT2D eigenvalue weighted by molar-refractivity contribution is -0.132. The van der Waals surface area contributed by atoms with Crippen LogP contribution < -0.4 is 144 Å². The fourth-order valence-corrected chi connectivity index (χ4v) is 18.0. The Morgan fingerprint density at radius 2 is 0.567 bits per heavy atom. The van der Waals surface area contributed by atoms with Crippen molar-refractivity contribution < 1.29 is 62.3 Å². The number of hydrogen-bond acceptors (Lipinski definition) is 30. The van der Waals surface area contributed by atoms with E-state index < -0.39 is 222 Å². The molecule has 0 saturated heterocycles. The third kappa shape index (κ3) is 35.5. The molecule has 4 aliphatic rings. The topological polar surface area (TPSA) is 766 Å². The molecular weight excluding hydrogens is 1740 g/mol. The van der Waals surface area contributed by atoms with Gasteiger partial charge in [0.05, 0.1) is 49.4 Å². The molecule has 16 atom stereocenters. The number of primary amides is 1. The molecule has 47 nitrogen and oxygen atoms in total. The van der Waals surface area contributed by atoms with Crippen LogP contribution >= 0.6 is 0 Å². The number of nitrogens with two attached hydrogens (primary N) is 10. The summed E-state index contributed by atoms with van der Waals surface area (Å²) in [6.45, 7) is 1.34. The molecule has 4 heterocycles. The fourth-order valence-electron chi connectivity index (χ4n) is 18.0. The largest absolute Gasteiger partial charge is 0.383 e. The molecule has 0 aromatic carbocycles. The van der Waals surface area contributed by atoms with E-state index in [1.807, 2.05) is 0 Å². The van der Waals surface area contributed by atoms with Gasteiger partial charge in [-0.15, -0.1) is 0 Å². The average Bonchev–Trinajstić information content (AvgIpc) is 0.833. The predicted octanol–water partition coefficient (Wildman–Crippen LogP) is -3.09. The van der Waals surface area contributed by atoms with Crippen LogP contribution in [-0.4, -0.2) is 196 Å². The van der Waals surface area contributed by atoms with E-state index in [0.717, 1.165) is 18.3 Å². The minimum Gasteiger partial charge on any atom is -0.383 e. The summed E-state index contributed by atoms with van der Waals surface area (Å²) in [6, 6.07) is -0.774. The molecule has 13 amide bonds. The number of hydrogen-bond donors (Lipinski definition) is 22. The normalized spacial score (nSPS) is 20.1. The van der Waals surface area contributed by atoms with E-state index >= 15 is 0 Å². The highest BCUT2D eigenvalue weighted by atomic mass is 16.2. The van der Waals surface area contributed by atoms with E-state index in [9.17, 15) is 81.5 Å². The molecule has 740 valence electrons. The molecule has 4 aromatic heterocycles. The average molecular weight is 1880 g/mol. The summed E-state index contributed by atoms with van der Waals surface area (Å²) in [5.41, 5.74) is 54.8. The highest BCUT2D eigenvalue weighted by Crippen LogP contribution is 2.31. The van der Waals surface area contributed by atoms with Gasteiger partial charge < -0.3 is 121 Å². The Labute approximate surface area is 776 Å². The molecule has 4 saturated carbocycles. The van der Waals surface area contributed by atoms with E-state index in [1.54, 1.807) is 0 Å². The Morgan fingerprint density at radius 1 is 0.321 bits per heavy atom. The number of rotatable bonds is 54. The first-order valence-electron chi connectivity index (χ1n) is 47.0. The van der Waals surface area contributed by atoms with Crippen molar-refractivity contribution in [2.24, 2.45) is 58.1 Å². The van der Waals surface area contributed by atoms with Crippen LogP contribution in [0.25, 0.3) is 0 Å². The zero-order chi connectivity index (χ0) is 97.3. The molecule has 0 spiro atoms. The zero-order valence-electron chi connectivity index (χ0n) is 76.3. The zero-order valence-corrected chi connectivity index (χ0v) is 76.3. The van der Waals surface area contributed by atoms with Crippen molar-refractivity contribution in [3.63, 3.8) is 0 Å². The van der Waals surface area contributed by atoms with E-state index in [1.165, 1.54) is 49.1 Å². The van der Waals surface area contributed by atoms with Crippen LogP contribution in [0.15, 0.2) is 68.2 Å². The summed E-state index contributed by atoms with van der Waals surface area (Å²) in [6.07, 6.45) is 9.87. The van der Waals surface area contributed by atoms with Gasteiger partial charge in [-0.25, -0.2) is 19.2 Å². The van der Waals surface area contributed by atoms with Crippen LogP contribution in [0.3, 0.4) is 0 Å². The van der Waals surface area contributed by atoms with E-state index in [4.69, 9.17) is 57.3 Å². The summed E-state index contributed by atoms with van der Waals surface area (Å²) in [4.78, 5) is 252. The highest BCUT2D eigenvalue weighted by molar-refractivity contribution is 5.88. The van der Waals surface area contributed by atoms with Crippen molar-refractivity contribution in [2.45, 2.75) is 311 Å². The van der Waals surface area contributed by atoms with Crippen molar-refractivity contribution in [2.75, 3.05) is 55.7 Å². The standard InChI is InChI=1S/C87H140N30O17/c88-34-13-9-17-51(92)43-72(119)110-68(114-39-30-63(93)106-84(114)131)47-77(124)103-60-26-6-2-22-56(60)81(128)99-53(19-11-15-36-90)45-74(121)112-70(116-41-32-65(95)108-86(116)133)49-79(126)105-62-28-8-4-24-58(62)83(130)101-54(20-12-16-37-91)46-75(122)113-71(117-42-33-66(96)109-87(117)134)50-78(125)104-61-27-7-3-23-57(61)82(129)100-52(18-10-14-35-89)44-73(120)111-69(115-40-31-64(94)107-85(115)132)48-76(123)102-59-25-5-1-21-55(59)80(127)98-38-29-67(97)118/h30-33,39-42,51-62,68-71H,1-29,34-38,43-50,88-92H2,(H2,97,118)(H,98,127)(H,99,128)(H,100,129)(H,101,130)(H,102,123)(H,103,124)(H,104,125)(H,105,126)(H,110,119)(H,111,120)(H,112,121)(H,113,122)(H2,93,106,131)(H2,94,107,132)(H2,95,108,133)(H2,96,109,134)/t51-,52-,53-,54-,55-,56-,57-,58-,59-,60-,61-,62-,68+,69+,70+,71+/m1/s1. The molecule has 4 aromatic rings. The SMILES string of the molecule is NCCCC[C@@H](N)CC(=O)N[C@H](CC(=O)N[C@@H]1CCCC[C@H]1C(=O)N[C@H](CCCCN)CC(=O)N[C@H](CC(=O)N[C@@H]1CCCC[C@H]1C(=O)N[C@H](CCCCN)CC(=O)N[C@H](CC(=O)N[C@@H]1CCCC[C@H]1C(=O)N[C@H](CCCCN)CC(=O)N[C@H](CC(=O)N[C@@H]1CCCC[C@H]1C(=O)NCCC(N)=O)n1ccc(N)nc1=O)n1ccc(N)nc1=O)n1ccc(N)nc1=O)n1ccc(N)nc1=O. The monoisotopic (exact) mass is 1880 g/mol. The molecular formula is C87H140N30O17. The number of anilines is 4. The molecule has 32 N–H and O–H groups in total. The summed E-state index contributed by atoms with van der Waals surface area (Å²) in [5.74, 6) is -11.3. The molecule has 4 fully saturated rings. The van der Waals surface area contributed by atoms with Gasteiger partial charge in [-0.05, 0) is 153 Å². The third-order valence-corrected chi connectivity index (χ3v) is 24.9. The lowest BCUT2D eigenvalue weighted by Crippen LogP contribution is -2.52. The number of nitrogens with zero attached hydrogens (tertiary/aromatic N) is 8. The second-order valence-corrected chi connectivity index (χ2v) is 35.4. The smallest absolute Gasteiger partial charge is 0.351 e. The van der Waals surface area contributed by atoms with Gasteiger partial charge in [-0.1, -0.05) is 77.0 Å². The quantitative estimate of drug-likeness (QED) is 0.0195. The molecule has 8 rings (SSSR count). The second kappa shape index (κ2) is 55.3. The molecule has 0 unspecified atom stereocenters. The van der Waals surface area contributed by atoms with Gasteiger partial charge >= 0.3 is 22.8 Å². The van der Waals surface area contributed by atoms with Crippen LogP contribution in [0.1, 0.15) is 262 Å². The first kappa shape index (κ1) is 107. The van der Waals surface area contributed by atoms with Crippen molar-refractivity contribution >= 4 is 100 Å². The summed E-state index contributed by atoms with van der Waals surface area (Å²) in [7, 11) is 0. The number of carbonyl (C=O) groups is 13. The summed E-state index contributed by atoms with van der Waals surface area (Å²) >= 11 is 0. The Bertz CT molecular complexity index is 4860. The Balaban J connectivity index is 0.905. The summed E-state index contributed by atoms with van der Waals surface area (Å²) < 4.78 is 4.13. The van der Waals surface area contributed by atoms with E-state index in [0.29, 0.717) is 180 Å². The number of carbonyl (C=O) groups excluding carboxylic acids is 13. The van der Waals surface area contributed by atoms with Gasteiger partial charge in [0, 0.05) is 112 Å². The van der Waals surface area contributed by atoms with Crippen molar-refractivity contribution in [1.29, 1.82) is 0 Å². The Kier molecular flexibility index (Phi) is 44.2. The van der Waals surface area contributed by atoms with Crippen LogP contribution in [0.5, 0.6) is 0 Å². The number of aromatic nitrogens is 8. The van der Waals surface area contributed by atoms with Crippen LogP contribution in [-0.2, 0) is 62.3 Å². The fraction of sp³-hybridized carbons (Fsp3) is 0.667. The Morgan fingerprint density at radius 3 is 0.821 bits per heavy atom. The second-order valence-electron chi connectivity index (χ2n) is 35.4. The van der Waals surface area contributed by atoms with Crippen LogP contribution in [0.2, 0.25) is 0 Å². The number of nitrogens with one attached hydrogen (secondary N) is 12. The van der Waals surface area contributed by atoms with Gasteiger partial charge in [-0.2, -0.15) is 19.9 Å². The minimum atomic E-state index is -1.42. The number of nitrogen functional groups attached to an aromatic ring is 4. The molecule has 0 aliphatic heterocycles. The van der Waals surface area contributed by atoms with Crippen molar-refractivity contribution in [3.8, 4) is 0 Å². The summed E-state index contributed by atoms with van der Waals surface area (Å²) in [5, 5.41) is 34.7. The maximum atomic E-state index is 14.8. The molecule has 4 aliphatic carbocycles. The maximum absolute atomic E-state index is 14.8. The van der Waals surface area contributed by atoms with Gasteiger partial charge in [0.2, 0.25) is 76.8 Å². The molecule has 0 bridgehead atoms. The van der Waals surface area contributed by atoms with Crippen molar-refractivity contribution in [1.82, 2.24) is 102 Å². The van der Waals surface area contributed by atoms with Crippen LogP contribution in [0.4, 0.5) is 23.3 Å². The minimum absolute atomic E-state index is 0.0149. The third-order valence-electron chi connectivity index (χ3n) is 24.9. The maximum Gasteiger partial charge on any atom is 0.351 e. The number of unbranched alkanes of at least 4 members (excludes halogenated alkanes) is 4. The number of amides is 13. The first-order valence-corrected chi connectivity index (χ1v) is 47.0. The van der Waals surface area contributed by atoms with Gasteiger partial charge in [0.25, 0.3) is 0 Å². The Hall–Kier alpha value is -12.4. The lowest BCUT2D eigenvalue weighted by atomic mass is 9.83. The lowest BCUT2D eigenvalue weighted by Gasteiger charge is -2.33. The van der Waals surface area contributed by atoms with E-state index in [-0.39, 0.29) is 87.2 Å². The van der Waals surface area contributed by atoms with Gasteiger partial charge in [0.15, 0.2) is 0 Å². The molecule has 0 radical (unpaired) electrons. The highest BCUT2D eigenvalue weighted by Gasteiger charge is 2.40. The first-order chi connectivity index (χ1) is 64.2. The molecule has 47 heteroatoms. The van der Waals surface area contributed by atoms with Gasteiger partial charge in [0.1, 0.15) is 47.9 Å². The van der Waals surface area contributed by atoms with E-state index in [2.05, 4.69) is 83.7 Å².